The zero-order valence-corrected chi connectivity index (χ0v) is 25.2. The summed E-state index contributed by atoms with van der Waals surface area (Å²) in [6, 6.07) is 10.5. The lowest BCUT2D eigenvalue weighted by Gasteiger charge is -2.46. The largest absolute Gasteiger partial charge is 0.490 e. The normalized spacial score (nSPS) is 30.2. The first-order valence-electron chi connectivity index (χ1n) is 14.5. The second-order valence-electron chi connectivity index (χ2n) is 12.0. The first-order valence-corrected chi connectivity index (χ1v) is 16.3. The van der Waals surface area contributed by atoms with Crippen LogP contribution in [-0.4, -0.2) is 65.9 Å². The van der Waals surface area contributed by atoms with Gasteiger partial charge in [0.25, 0.3) is 10.0 Å². The summed E-state index contributed by atoms with van der Waals surface area (Å²) in [5, 5.41) is 0.738. The van der Waals surface area contributed by atoms with Crippen LogP contribution in [0.1, 0.15) is 43.2 Å². The van der Waals surface area contributed by atoms with Gasteiger partial charge in [-0.2, -0.15) is 0 Å². The molecule has 1 saturated carbocycles. The number of benzene rings is 2. The highest BCUT2D eigenvalue weighted by Gasteiger charge is 2.44. The average molecular weight is 600 g/mol. The lowest BCUT2D eigenvalue weighted by atomic mass is 9.68. The van der Waals surface area contributed by atoms with Crippen molar-refractivity contribution in [3.05, 3.63) is 64.7 Å². The maximum atomic E-state index is 13.4. The van der Waals surface area contributed by atoms with E-state index in [0.717, 1.165) is 49.4 Å². The fourth-order valence-corrected chi connectivity index (χ4v) is 8.26. The molecule has 0 radical (unpaired) electrons. The van der Waals surface area contributed by atoms with Crippen molar-refractivity contribution in [1.82, 2.24) is 9.62 Å². The Bertz CT molecular complexity index is 1460. The molecule has 2 aliphatic heterocycles. The van der Waals surface area contributed by atoms with Gasteiger partial charge in [-0.25, -0.2) is 17.9 Å². The first kappa shape index (κ1) is 28.4. The fourth-order valence-electron chi connectivity index (χ4n) is 7.05. The van der Waals surface area contributed by atoms with Crippen molar-refractivity contribution in [2.75, 3.05) is 45.3 Å². The Hall–Kier alpha value is -2.75. The number of sulfonamides is 1. The molecule has 1 fully saturated rings. The predicted molar refractivity (Wildman–Crippen MR) is 159 cm³/mol. The summed E-state index contributed by atoms with van der Waals surface area (Å²) in [4.78, 5) is 16.5. The van der Waals surface area contributed by atoms with Crippen molar-refractivity contribution in [2.45, 2.75) is 54.9 Å². The van der Waals surface area contributed by atoms with E-state index >= 15 is 0 Å². The lowest BCUT2D eigenvalue weighted by molar-refractivity contribution is 0.0131. The highest BCUT2D eigenvalue weighted by atomic mass is 35.5. The number of hydrogen-bond donors (Lipinski definition) is 1. The van der Waals surface area contributed by atoms with Crippen LogP contribution in [-0.2, 0) is 26.6 Å². The van der Waals surface area contributed by atoms with E-state index < -0.39 is 16.1 Å². The summed E-state index contributed by atoms with van der Waals surface area (Å²) in [6.45, 7) is 2.35. The standard InChI is InChI=1S/C31H38ClN3O5S/c1-34-15-4-3-7-28(39-2)25-11-8-22(25)18-35-19-31(14-5-6-21-16-23(32)9-12-26(21)31)20-40-29-13-10-24(17-27(29)35)41(37,38)33-30(34)36/h3,7,9-10,12-13,16-17,22,25,28H,4-6,8,11,14-15,18-20H2,1-2H3,(H,33,36)/b7-3+/t22-,25+,28-,31-/m0/s1. The molecule has 2 amide bonds. The van der Waals surface area contributed by atoms with E-state index in [-0.39, 0.29) is 16.4 Å². The van der Waals surface area contributed by atoms with Crippen molar-refractivity contribution in [2.24, 2.45) is 11.8 Å². The van der Waals surface area contributed by atoms with Gasteiger partial charge < -0.3 is 19.3 Å². The van der Waals surface area contributed by atoms with Gasteiger partial charge in [0, 0.05) is 44.2 Å². The topological polar surface area (TPSA) is 88.2 Å². The summed E-state index contributed by atoms with van der Waals surface area (Å²) in [6.07, 6.45) is 9.87. The quantitative estimate of drug-likeness (QED) is 0.457. The monoisotopic (exact) mass is 599 g/mol. The van der Waals surface area contributed by atoms with Crippen LogP contribution >= 0.6 is 11.6 Å². The number of nitrogens with zero attached hydrogens (tertiary/aromatic N) is 2. The molecule has 6 rings (SSSR count). The Balaban J connectivity index is 1.44. The van der Waals surface area contributed by atoms with E-state index in [1.165, 1.54) is 22.1 Å². The van der Waals surface area contributed by atoms with Crippen molar-refractivity contribution >= 4 is 33.3 Å². The molecule has 8 nitrogen and oxygen atoms in total. The molecule has 2 aromatic carbocycles. The first-order chi connectivity index (χ1) is 19.7. The third-order valence-corrected chi connectivity index (χ3v) is 11.0. The van der Waals surface area contributed by atoms with Gasteiger partial charge in [0.05, 0.1) is 23.3 Å². The third kappa shape index (κ3) is 5.44. The average Bonchev–Trinajstić information content (AvgIpc) is 3.08. The predicted octanol–water partition coefficient (Wildman–Crippen LogP) is 5.14. The van der Waals surface area contributed by atoms with Crippen LogP contribution in [0.3, 0.4) is 0 Å². The van der Waals surface area contributed by atoms with Crippen LogP contribution < -0.4 is 14.4 Å². The molecule has 0 unspecified atom stereocenters. The zero-order valence-electron chi connectivity index (χ0n) is 23.6. The number of nitrogens with one attached hydrogen (secondary N) is 1. The molecule has 1 spiro atoms. The van der Waals surface area contributed by atoms with Gasteiger partial charge in [0.2, 0.25) is 0 Å². The minimum Gasteiger partial charge on any atom is -0.490 e. The summed E-state index contributed by atoms with van der Waals surface area (Å²) in [7, 11) is -0.737. The molecule has 2 aromatic rings. The molecule has 4 aliphatic rings. The Kier molecular flexibility index (Phi) is 7.72. The number of fused-ring (bicyclic) bond motifs is 4. The van der Waals surface area contributed by atoms with Gasteiger partial charge in [-0.1, -0.05) is 29.8 Å². The number of methoxy groups -OCH3 is 1. The number of rotatable bonds is 1. The van der Waals surface area contributed by atoms with Gasteiger partial charge in [0.15, 0.2) is 0 Å². The number of urea groups is 1. The highest BCUT2D eigenvalue weighted by molar-refractivity contribution is 7.90. The molecule has 10 heteroatoms. The number of hydrogen-bond acceptors (Lipinski definition) is 6. The van der Waals surface area contributed by atoms with Crippen LogP contribution in [0.15, 0.2) is 53.4 Å². The van der Waals surface area contributed by atoms with Crippen molar-refractivity contribution in [3.8, 4) is 5.75 Å². The Labute approximate surface area is 247 Å². The molecule has 4 atom stereocenters. The molecule has 220 valence electrons. The minimum atomic E-state index is -4.09. The number of amides is 2. The maximum absolute atomic E-state index is 13.4. The molecular weight excluding hydrogens is 562 g/mol. The summed E-state index contributed by atoms with van der Waals surface area (Å²) in [5.41, 5.74) is 3.01. The van der Waals surface area contributed by atoms with Gasteiger partial charge in [-0.05, 0) is 91.8 Å². The number of carbonyl (C=O) groups is 1. The minimum absolute atomic E-state index is 0.0123. The molecular formula is C31H38ClN3O5S. The number of halogens is 1. The molecule has 0 aromatic heterocycles. The summed E-state index contributed by atoms with van der Waals surface area (Å²) < 4.78 is 41.4. The molecule has 2 aliphatic carbocycles. The van der Waals surface area contributed by atoms with Gasteiger partial charge in [-0.3, -0.25) is 0 Å². The number of anilines is 1. The van der Waals surface area contributed by atoms with E-state index in [2.05, 4.69) is 27.8 Å². The lowest BCUT2D eigenvalue weighted by Crippen LogP contribution is -2.49. The van der Waals surface area contributed by atoms with E-state index in [0.29, 0.717) is 43.7 Å². The summed E-state index contributed by atoms with van der Waals surface area (Å²) in [5.74, 6) is 1.40. The molecule has 0 saturated heterocycles. The SMILES string of the molecule is CO[C@H]1/C=C/CCN(C)C(=O)NS(=O)(=O)c2ccc3c(c2)N(C[C@@H]2CC[C@H]21)C[C@@]1(CCCc2cc(Cl)ccc21)CO3. The van der Waals surface area contributed by atoms with E-state index in [4.69, 9.17) is 21.1 Å². The van der Waals surface area contributed by atoms with Crippen LogP contribution in [0.25, 0.3) is 0 Å². The van der Waals surface area contributed by atoms with Crippen LogP contribution in [0.4, 0.5) is 10.5 Å². The number of aryl methyl sites for hydroxylation is 1. The zero-order chi connectivity index (χ0) is 28.8. The molecule has 41 heavy (non-hydrogen) atoms. The maximum Gasteiger partial charge on any atom is 0.331 e. The molecule has 1 N–H and O–H groups in total. The molecule has 2 heterocycles. The second kappa shape index (κ2) is 11.2. The second-order valence-corrected chi connectivity index (χ2v) is 14.1. The molecule has 2 bridgehead atoms. The Morgan fingerprint density at radius 3 is 2.80 bits per heavy atom. The van der Waals surface area contributed by atoms with Gasteiger partial charge >= 0.3 is 6.03 Å². The number of ether oxygens (including phenoxy) is 2. The van der Waals surface area contributed by atoms with Crippen molar-refractivity contribution < 1.29 is 22.7 Å². The number of carbonyl (C=O) groups excluding carboxylic acids is 1. The van der Waals surface area contributed by atoms with E-state index in [9.17, 15) is 13.2 Å². The van der Waals surface area contributed by atoms with Gasteiger partial charge in [0.1, 0.15) is 5.75 Å². The smallest absolute Gasteiger partial charge is 0.331 e. The Morgan fingerprint density at radius 2 is 2.02 bits per heavy atom. The Morgan fingerprint density at radius 1 is 1.17 bits per heavy atom. The van der Waals surface area contributed by atoms with Crippen LogP contribution in [0.2, 0.25) is 5.02 Å². The van der Waals surface area contributed by atoms with Crippen LogP contribution in [0, 0.1) is 11.8 Å². The van der Waals surface area contributed by atoms with Crippen molar-refractivity contribution in [1.29, 1.82) is 0 Å². The summed E-state index contributed by atoms with van der Waals surface area (Å²) >= 11 is 6.39. The highest BCUT2D eigenvalue weighted by Crippen LogP contribution is 2.47. The van der Waals surface area contributed by atoms with Gasteiger partial charge in [-0.15, -0.1) is 0 Å². The van der Waals surface area contributed by atoms with Crippen molar-refractivity contribution in [3.63, 3.8) is 0 Å². The fraction of sp³-hybridized carbons (Fsp3) is 0.516. The third-order valence-electron chi connectivity index (χ3n) is 9.47. The van der Waals surface area contributed by atoms with E-state index in [1.807, 2.05) is 12.1 Å². The van der Waals surface area contributed by atoms with E-state index in [1.54, 1.807) is 26.3 Å². The van der Waals surface area contributed by atoms with Crippen LogP contribution in [0.5, 0.6) is 5.75 Å².